The van der Waals surface area contributed by atoms with Gasteiger partial charge in [-0.15, -0.1) is 0 Å². The van der Waals surface area contributed by atoms with Crippen LogP contribution in [0, 0.1) is 0 Å². The van der Waals surface area contributed by atoms with Gasteiger partial charge in [0.15, 0.2) is 16.7 Å². The lowest BCUT2D eigenvalue weighted by molar-refractivity contribution is -0.127. The molecule has 2 aromatic rings. The molecule has 0 saturated heterocycles. The van der Waals surface area contributed by atoms with E-state index in [0.29, 0.717) is 36.0 Å². The number of ether oxygens (including phenoxy) is 2. The standard InChI is InChI=1S/C20H27N3O4S/c1-6-15-12-18(24)23(3)20(21-15)28-13-19(25)22(2)10-9-14-7-8-16(26-4)17(11-14)27-5/h7-8,11-12H,6,9-10,13H2,1-5H3. The maximum absolute atomic E-state index is 12.5. The summed E-state index contributed by atoms with van der Waals surface area (Å²) in [5.74, 6) is 1.57. The largest absolute Gasteiger partial charge is 0.493 e. The van der Waals surface area contributed by atoms with Crippen LogP contribution in [0.25, 0.3) is 0 Å². The molecule has 0 radical (unpaired) electrons. The average molecular weight is 406 g/mol. The van der Waals surface area contributed by atoms with Crippen LogP contribution in [0.3, 0.4) is 0 Å². The Hall–Kier alpha value is -2.48. The maximum Gasteiger partial charge on any atom is 0.254 e. The highest BCUT2D eigenvalue weighted by Crippen LogP contribution is 2.27. The van der Waals surface area contributed by atoms with E-state index in [4.69, 9.17) is 9.47 Å². The molecule has 152 valence electrons. The highest BCUT2D eigenvalue weighted by atomic mass is 32.2. The van der Waals surface area contributed by atoms with Crippen LogP contribution in [0.1, 0.15) is 18.2 Å². The predicted octanol–water partition coefficient (Wildman–Crippen LogP) is 2.15. The van der Waals surface area contributed by atoms with Gasteiger partial charge in [0.1, 0.15) is 0 Å². The summed E-state index contributed by atoms with van der Waals surface area (Å²) in [4.78, 5) is 30.5. The zero-order valence-corrected chi connectivity index (χ0v) is 17.8. The molecule has 0 spiro atoms. The molecule has 1 amide bonds. The van der Waals surface area contributed by atoms with Gasteiger partial charge in [-0.2, -0.15) is 0 Å². The molecule has 0 saturated carbocycles. The Balaban J connectivity index is 1.93. The molecule has 2 rings (SSSR count). The Morgan fingerprint density at radius 1 is 1.21 bits per heavy atom. The first-order valence-corrected chi connectivity index (χ1v) is 10.0. The van der Waals surface area contributed by atoms with Gasteiger partial charge in [-0.25, -0.2) is 4.98 Å². The number of nitrogens with zero attached hydrogens (tertiary/aromatic N) is 3. The lowest BCUT2D eigenvalue weighted by Gasteiger charge is -2.18. The van der Waals surface area contributed by atoms with E-state index in [0.717, 1.165) is 11.3 Å². The average Bonchev–Trinajstić information content (AvgIpc) is 2.72. The van der Waals surface area contributed by atoms with Crippen molar-refractivity contribution in [2.24, 2.45) is 7.05 Å². The molecule has 0 aliphatic heterocycles. The lowest BCUT2D eigenvalue weighted by atomic mass is 10.1. The molecule has 0 atom stereocenters. The van der Waals surface area contributed by atoms with Gasteiger partial charge in [-0.05, 0) is 30.5 Å². The van der Waals surface area contributed by atoms with Crippen molar-refractivity contribution in [1.82, 2.24) is 14.5 Å². The second kappa shape index (κ2) is 10.2. The van der Waals surface area contributed by atoms with Crippen LogP contribution in [0.5, 0.6) is 11.5 Å². The van der Waals surface area contributed by atoms with Crippen molar-refractivity contribution in [1.29, 1.82) is 0 Å². The number of amides is 1. The maximum atomic E-state index is 12.5. The summed E-state index contributed by atoms with van der Waals surface area (Å²) >= 11 is 1.28. The number of benzene rings is 1. The summed E-state index contributed by atoms with van der Waals surface area (Å²) in [7, 11) is 6.65. The molecule has 8 heteroatoms. The molecule has 1 aromatic heterocycles. The predicted molar refractivity (Wildman–Crippen MR) is 110 cm³/mol. The van der Waals surface area contributed by atoms with E-state index < -0.39 is 0 Å². The van der Waals surface area contributed by atoms with Crippen LogP contribution in [-0.2, 0) is 24.7 Å². The van der Waals surface area contributed by atoms with E-state index >= 15 is 0 Å². The summed E-state index contributed by atoms with van der Waals surface area (Å²) in [5.41, 5.74) is 1.69. The summed E-state index contributed by atoms with van der Waals surface area (Å²) in [6.07, 6.45) is 1.39. The topological polar surface area (TPSA) is 73.7 Å². The number of aromatic nitrogens is 2. The second-order valence-corrected chi connectivity index (χ2v) is 7.27. The fourth-order valence-electron chi connectivity index (χ4n) is 2.57. The van der Waals surface area contributed by atoms with Crippen LogP contribution >= 0.6 is 11.8 Å². The van der Waals surface area contributed by atoms with Crippen LogP contribution < -0.4 is 15.0 Å². The normalized spacial score (nSPS) is 10.6. The van der Waals surface area contributed by atoms with Crippen LogP contribution in [0.2, 0.25) is 0 Å². The number of aryl methyl sites for hydroxylation is 1. The fourth-order valence-corrected chi connectivity index (χ4v) is 3.51. The monoisotopic (exact) mass is 405 g/mol. The highest BCUT2D eigenvalue weighted by molar-refractivity contribution is 7.99. The van der Waals surface area contributed by atoms with E-state index in [1.54, 1.807) is 33.2 Å². The van der Waals surface area contributed by atoms with Gasteiger partial charge in [-0.3, -0.25) is 14.2 Å². The summed E-state index contributed by atoms with van der Waals surface area (Å²) in [6, 6.07) is 7.27. The first-order valence-electron chi connectivity index (χ1n) is 9.04. The first kappa shape index (κ1) is 21.8. The minimum absolute atomic E-state index is 0.0124. The van der Waals surface area contributed by atoms with Crippen molar-refractivity contribution in [2.75, 3.05) is 33.6 Å². The minimum Gasteiger partial charge on any atom is -0.493 e. The minimum atomic E-state index is -0.108. The van der Waals surface area contributed by atoms with E-state index in [9.17, 15) is 9.59 Å². The Morgan fingerprint density at radius 3 is 2.57 bits per heavy atom. The number of methoxy groups -OCH3 is 2. The van der Waals surface area contributed by atoms with Gasteiger partial charge in [0.25, 0.3) is 5.56 Å². The van der Waals surface area contributed by atoms with Crippen molar-refractivity contribution in [2.45, 2.75) is 24.9 Å². The third-order valence-corrected chi connectivity index (χ3v) is 5.46. The van der Waals surface area contributed by atoms with E-state index in [1.165, 1.54) is 22.4 Å². The van der Waals surface area contributed by atoms with Gasteiger partial charge < -0.3 is 14.4 Å². The molecule has 0 aliphatic rings. The molecule has 0 fully saturated rings. The lowest BCUT2D eigenvalue weighted by Crippen LogP contribution is -2.30. The van der Waals surface area contributed by atoms with Crippen molar-refractivity contribution in [3.63, 3.8) is 0 Å². The second-order valence-electron chi connectivity index (χ2n) is 6.32. The van der Waals surface area contributed by atoms with Crippen molar-refractivity contribution >= 4 is 17.7 Å². The number of thioether (sulfide) groups is 1. The molecule has 1 heterocycles. The van der Waals surface area contributed by atoms with Crippen LogP contribution in [0.4, 0.5) is 0 Å². The SMILES string of the molecule is CCc1cc(=O)n(C)c(SCC(=O)N(C)CCc2ccc(OC)c(OC)c2)n1. The van der Waals surface area contributed by atoms with Gasteiger partial charge in [0, 0.05) is 32.4 Å². The molecule has 0 unspecified atom stereocenters. The number of rotatable bonds is 9. The number of hydrogen-bond donors (Lipinski definition) is 0. The molecular formula is C20H27N3O4S. The zero-order chi connectivity index (χ0) is 20.7. The Kier molecular flexibility index (Phi) is 7.92. The van der Waals surface area contributed by atoms with Gasteiger partial charge >= 0.3 is 0 Å². The Labute approximate surface area is 169 Å². The van der Waals surface area contributed by atoms with Gasteiger partial charge in [0.2, 0.25) is 5.91 Å². The quantitative estimate of drug-likeness (QED) is 0.470. The number of likely N-dealkylation sites (N-methyl/N-ethyl adjacent to an activating group) is 1. The smallest absolute Gasteiger partial charge is 0.254 e. The molecular weight excluding hydrogens is 378 g/mol. The number of carbonyl (C=O) groups is 1. The van der Waals surface area contributed by atoms with E-state index in [1.807, 2.05) is 25.1 Å². The van der Waals surface area contributed by atoms with E-state index in [2.05, 4.69) is 4.98 Å². The highest BCUT2D eigenvalue weighted by Gasteiger charge is 2.13. The molecule has 1 aromatic carbocycles. The van der Waals surface area contributed by atoms with Crippen LogP contribution in [-0.4, -0.2) is 53.9 Å². The van der Waals surface area contributed by atoms with Crippen molar-refractivity contribution in [3.05, 3.63) is 45.9 Å². The zero-order valence-electron chi connectivity index (χ0n) is 17.0. The van der Waals surface area contributed by atoms with E-state index in [-0.39, 0.29) is 17.2 Å². The van der Waals surface area contributed by atoms with Crippen molar-refractivity contribution in [3.8, 4) is 11.5 Å². The fraction of sp³-hybridized carbons (Fsp3) is 0.450. The summed E-state index contributed by atoms with van der Waals surface area (Å²) in [5, 5.41) is 0.561. The molecule has 0 aliphatic carbocycles. The van der Waals surface area contributed by atoms with Crippen molar-refractivity contribution < 1.29 is 14.3 Å². The van der Waals surface area contributed by atoms with Gasteiger partial charge in [-0.1, -0.05) is 24.8 Å². The number of carbonyl (C=O) groups excluding carboxylic acids is 1. The first-order chi connectivity index (χ1) is 13.4. The molecule has 7 nitrogen and oxygen atoms in total. The Bertz CT molecular complexity index is 882. The third kappa shape index (κ3) is 5.51. The van der Waals surface area contributed by atoms with Gasteiger partial charge in [0.05, 0.1) is 20.0 Å². The third-order valence-electron chi connectivity index (χ3n) is 4.44. The molecule has 28 heavy (non-hydrogen) atoms. The summed E-state index contributed by atoms with van der Waals surface area (Å²) < 4.78 is 12.0. The molecule has 0 N–H and O–H groups in total. The Morgan fingerprint density at radius 2 is 1.93 bits per heavy atom. The van der Waals surface area contributed by atoms with Crippen LogP contribution in [0.15, 0.2) is 34.2 Å². The summed E-state index contributed by atoms with van der Waals surface area (Å²) in [6.45, 7) is 2.53. The number of hydrogen-bond acceptors (Lipinski definition) is 6. The molecule has 0 bridgehead atoms.